The highest BCUT2D eigenvalue weighted by Crippen LogP contribution is 2.37. The Labute approximate surface area is 199 Å². The lowest BCUT2D eigenvalue weighted by molar-refractivity contribution is -0.137. The summed E-state index contributed by atoms with van der Waals surface area (Å²) in [6, 6.07) is 3.19. The number of hydrogen-bond donors (Lipinski definition) is 2. The van der Waals surface area contributed by atoms with Crippen molar-refractivity contribution in [3.8, 4) is 5.75 Å². The Bertz CT molecular complexity index is 1140. The average molecular weight is 490 g/mol. The minimum atomic E-state index is -4.60. The monoisotopic (exact) mass is 490 g/mol. The number of amides is 2. The third-order valence-electron chi connectivity index (χ3n) is 5.75. The van der Waals surface area contributed by atoms with Crippen LogP contribution in [-0.4, -0.2) is 59.6 Å². The number of nitrogens with one attached hydrogen (secondary N) is 2. The van der Waals surface area contributed by atoms with Gasteiger partial charge in [0, 0.05) is 38.8 Å². The minimum absolute atomic E-state index is 0.00264. The zero-order valence-corrected chi connectivity index (χ0v) is 19.1. The normalized spacial score (nSPS) is 19.5. The van der Waals surface area contributed by atoms with Crippen molar-refractivity contribution in [2.24, 2.45) is 4.99 Å². The summed E-state index contributed by atoms with van der Waals surface area (Å²) in [6.07, 6.45) is 0.0249. The predicted molar refractivity (Wildman–Crippen MR) is 123 cm³/mol. The predicted octanol–water partition coefficient (Wildman–Crippen LogP) is 3.76. The number of anilines is 2. The molecule has 0 radical (unpaired) electrons. The standard InChI is InChI=1S/C23H25F3N6O3/c1-32-7-4-6-27-20-19-17(22(34)31-21(19)30-13-29-20)12-28-15-9-14(23(24,25)26)10-16(11-15)35-8-3-2-5-18(32)33/h9-13,17H,2-8H2,1H3,(H2,27,29,30,31,34). The molecule has 35 heavy (non-hydrogen) atoms. The summed E-state index contributed by atoms with van der Waals surface area (Å²) < 4.78 is 45.9. The molecule has 3 heterocycles. The highest BCUT2D eigenvalue weighted by molar-refractivity contribution is 6.13. The molecule has 0 saturated carbocycles. The molecular weight excluding hydrogens is 465 g/mol. The van der Waals surface area contributed by atoms with Crippen LogP contribution in [0.3, 0.4) is 0 Å². The summed E-state index contributed by atoms with van der Waals surface area (Å²) >= 11 is 0. The Kier molecular flexibility index (Phi) is 7.17. The fraction of sp³-hybridized carbons (Fsp3) is 0.435. The van der Waals surface area contributed by atoms with Crippen molar-refractivity contribution in [3.63, 3.8) is 0 Å². The van der Waals surface area contributed by atoms with E-state index in [0.29, 0.717) is 56.0 Å². The highest BCUT2D eigenvalue weighted by Gasteiger charge is 2.34. The average Bonchev–Trinajstić information content (AvgIpc) is 3.14. The number of halogens is 3. The molecule has 1 aromatic carbocycles. The molecule has 2 bridgehead atoms. The van der Waals surface area contributed by atoms with Gasteiger partial charge in [-0.2, -0.15) is 13.2 Å². The molecule has 12 heteroatoms. The molecule has 0 fully saturated rings. The van der Waals surface area contributed by atoms with Crippen molar-refractivity contribution in [1.29, 1.82) is 0 Å². The summed E-state index contributed by atoms with van der Waals surface area (Å²) in [5.41, 5.74) is -0.448. The number of benzene rings is 1. The first-order valence-electron chi connectivity index (χ1n) is 11.3. The number of ether oxygens (including phenoxy) is 1. The summed E-state index contributed by atoms with van der Waals surface area (Å²) in [6.45, 7) is 1.18. The molecule has 1 atom stereocenters. The Morgan fingerprint density at radius 1 is 1.09 bits per heavy atom. The largest absolute Gasteiger partial charge is 0.494 e. The van der Waals surface area contributed by atoms with Gasteiger partial charge < -0.3 is 20.3 Å². The topological polar surface area (TPSA) is 109 Å². The van der Waals surface area contributed by atoms with Gasteiger partial charge in [-0.05, 0) is 31.4 Å². The summed E-state index contributed by atoms with van der Waals surface area (Å²) in [7, 11) is 1.73. The lowest BCUT2D eigenvalue weighted by atomic mass is 10.0. The number of rotatable bonds is 0. The van der Waals surface area contributed by atoms with Crippen LogP contribution < -0.4 is 15.4 Å². The Morgan fingerprint density at radius 2 is 1.89 bits per heavy atom. The van der Waals surface area contributed by atoms with Crippen LogP contribution >= 0.6 is 0 Å². The third-order valence-corrected chi connectivity index (χ3v) is 5.75. The number of carbonyl (C=O) groups excluding carboxylic acids is 2. The van der Waals surface area contributed by atoms with Crippen molar-refractivity contribution < 1.29 is 27.5 Å². The van der Waals surface area contributed by atoms with E-state index in [0.717, 1.165) is 12.1 Å². The van der Waals surface area contributed by atoms with Crippen LogP contribution in [0.2, 0.25) is 0 Å². The van der Waals surface area contributed by atoms with Crippen LogP contribution in [0.4, 0.5) is 30.5 Å². The second kappa shape index (κ2) is 10.3. The van der Waals surface area contributed by atoms with Gasteiger partial charge in [-0.1, -0.05) is 0 Å². The van der Waals surface area contributed by atoms with Crippen LogP contribution in [0.5, 0.6) is 5.75 Å². The summed E-state index contributed by atoms with van der Waals surface area (Å²) in [5, 5.41) is 5.82. The molecule has 0 spiro atoms. The van der Waals surface area contributed by atoms with Gasteiger partial charge in [0.15, 0.2) is 0 Å². The number of aromatic nitrogens is 2. The van der Waals surface area contributed by atoms with Gasteiger partial charge in [-0.3, -0.25) is 14.6 Å². The molecule has 1 aromatic heterocycles. The molecule has 2 N–H and O–H groups in total. The molecule has 186 valence electrons. The Morgan fingerprint density at radius 3 is 2.69 bits per heavy atom. The molecule has 0 saturated heterocycles. The van der Waals surface area contributed by atoms with E-state index in [1.165, 1.54) is 18.6 Å². The van der Waals surface area contributed by atoms with E-state index < -0.39 is 23.6 Å². The summed E-state index contributed by atoms with van der Waals surface area (Å²) in [5.74, 6) is -0.573. The van der Waals surface area contributed by atoms with E-state index in [4.69, 9.17) is 4.74 Å². The van der Waals surface area contributed by atoms with Crippen LogP contribution in [0.15, 0.2) is 29.5 Å². The van der Waals surface area contributed by atoms with Gasteiger partial charge in [0.2, 0.25) is 11.8 Å². The zero-order chi connectivity index (χ0) is 25.0. The number of nitrogens with zero attached hydrogens (tertiary/aromatic N) is 4. The van der Waals surface area contributed by atoms with Crippen molar-refractivity contribution in [2.75, 3.05) is 37.4 Å². The molecule has 0 aliphatic carbocycles. The first-order chi connectivity index (χ1) is 16.7. The van der Waals surface area contributed by atoms with Gasteiger partial charge in [0.1, 0.15) is 29.6 Å². The van der Waals surface area contributed by atoms with Gasteiger partial charge in [0.25, 0.3) is 0 Å². The molecule has 2 aliphatic heterocycles. The van der Waals surface area contributed by atoms with Gasteiger partial charge >= 0.3 is 6.18 Å². The SMILES string of the molecule is CN1CCCNc2ncnc3c2C(C=Nc2cc(cc(C(F)(F)F)c2)OCCCCC1=O)C(=O)N3. The smallest absolute Gasteiger partial charge is 0.416 e. The molecule has 1 unspecified atom stereocenters. The van der Waals surface area contributed by atoms with E-state index in [2.05, 4.69) is 25.6 Å². The number of fused-ring (bicyclic) bond motifs is 2. The maximum atomic E-state index is 13.5. The van der Waals surface area contributed by atoms with E-state index in [-0.39, 0.29) is 24.0 Å². The van der Waals surface area contributed by atoms with Crippen molar-refractivity contribution in [2.45, 2.75) is 37.8 Å². The van der Waals surface area contributed by atoms with Crippen molar-refractivity contribution in [3.05, 3.63) is 35.7 Å². The van der Waals surface area contributed by atoms with Crippen LogP contribution in [0, 0.1) is 0 Å². The van der Waals surface area contributed by atoms with Crippen LogP contribution in [0.1, 0.15) is 42.7 Å². The van der Waals surface area contributed by atoms with E-state index in [1.807, 2.05) is 0 Å². The quantitative estimate of drug-likeness (QED) is 0.582. The number of alkyl halides is 3. The Hall–Kier alpha value is -3.70. The third kappa shape index (κ3) is 5.87. The first-order valence-corrected chi connectivity index (χ1v) is 11.3. The number of carbonyl (C=O) groups is 2. The van der Waals surface area contributed by atoms with Gasteiger partial charge in [-0.25, -0.2) is 9.97 Å². The fourth-order valence-corrected chi connectivity index (χ4v) is 3.87. The second-order valence-corrected chi connectivity index (χ2v) is 8.34. The van der Waals surface area contributed by atoms with E-state index in [9.17, 15) is 22.8 Å². The number of hydrogen-bond acceptors (Lipinski definition) is 7. The fourth-order valence-electron chi connectivity index (χ4n) is 3.87. The zero-order valence-electron chi connectivity index (χ0n) is 19.1. The molecule has 4 rings (SSSR count). The molecule has 2 aromatic rings. The van der Waals surface area contributed by atoms with Gasteiger partial charge in [0.05, 0.1) is 23.4 Å². The van der Waals surface area contributed by atoms with Crippen molar-refractivity contribution >= 4 is 35.4 Å². The van der Waals surface area contributed by atoms with Crippen molar-refractivity contribution in [1.82, 2.24) is 14.9 Å². The van der Waals surface area contributed by atoms with E-state index in [1.54, 1.807) is 11.9 Å². The molecule has 2 amide bonds. The molecule has 2 aliphatic rings. The second-order valence-electron chi connectivity index (χ2n) is 8.34. The lowest BCUT2D eigenvalue weighted by Crippen LogP contribution is -2.28. The number of aliphatic imine (C=N–C) groups is 1. The van der Waals surface area contributed by atoms with Gasteiger partial charge in [-0.15, -0.1) is 0 Å². The van der Waals surface area contributed by atoms with Crippen LogP contribution in [-0.2, 0) is 15.8 Å². The maximum absolute atomic E-state index is 13.5. The molecule has 9 nitrogen and oxygen atoms in total. The highest BCUT2D eigenvalue weighted by atomic mass is 19.4. The lowest BCUT2D eigenvalue weighted by Gasteiger charge is -2.18. The minimum Gasteiger partial charge on any atom is -0.494 e. The summed E-state index contributed by atoms with van der Waals surface area (Å²) in [4.78, 5) is 39.1. The van der Waals surface area contributed by atoms with Crippen LogP contribution in [0.25, 0.3) is 0 Å². The maximum Gasteiger partial charge on any atom is 0.416 e. The van der Waals surface area contributed by atoms with E-state index >= 15 is 0 Å². The Balaban J connectivity index is 1.68. The first kappa shape index (κ1) is 24.4. The molecular formula is C23H25F3N6O3.